The SMILES string of the molecule is CS(=O)(=O)c1ccc(-c2c(-c3ccc(F)cc3)c(=O)n3n2Cc2ccccc2C3)cc1. The molecular formula is C24H19FN2O3S. The molecule has 3 aromatic carbocycles. The average Bonchev–Trinajstić information content (AvgIpc) is 3.04. The summed E-state index contributed by atoms with van der Waals surface area (Å²) in [7, 11) is -3.34. The number of hydrogen-bond acceptors (Lipinski definition) is 3. The largest absolute Gasteiger partial charge is 0.277 e. The van der Waals surface area contributed by atoms with Crippen molar-refractivity contribution in [1.29, 1.82) is 0 Å². The van der Waals surface area contributed by atoms with Gasteiger partial charge in [-0.1, -0.05) is 48.5 Å². The van der Waals surface area contributed by atoms with Gasteiger partial charge in [0.1, 0.15) is 5.82 Å². The third-order valence-corrected chi connectivity index (χ3v) is 6.81. The van der Waals surface area contributed by atoms with Gasteiger partial charge in [-0.3, -0.25) is 9.48 Å². The lowest BCUT2D eigenvalue weighted by atomic mass is 10.0. The minimum absolute atomic E-state index is 0.164. The molecule has 7 heteroatoms. The highest BCUT2D eigenvalue weighted by Gasteiger charge is 2.26. The van der Waals surface area contributed by atoms with Crippen molar-refractivity contribution in [3.8, 4) is 22.4 Å². The van der Waals surface area contributed by atoms with Gasteiger partial charge in [0, 0.05) is 11.8 Å². The minimum Gasteiger partial charge on any atom is -0.277 e. The van der Waals surface area contributed by atoms with Crippen LogP contribution in [0.1, 0.15) is 11.1 Å². The molecule has 5 nitrogen and oxygen atoms in total. The van der Waals surface area contributed by atoms with Crippen LogP contribution in [-0.2, 0) is 22.9 Å². The van der Waals surface area contributed by atoms with Crippen molar-refractivity contribution in [2.75, 3.05) is 6.26 Å². The first-order chi connectivity index (χ1) is 14.8. The zero-order valence-electron chi connectivity index (χ0n) is 16.7. The van der Waals surface area contributed by atoms with Crippen molar-refractivity contribution in [1.82, 2.24) is 9.36 Å². The number of aromatic nitrogens is 2. The molecule has 5 rings (SSSR count). The predicted octanol–water partition coefficient (Wildman–Crippen LogP) is 3.94. The molecule has 156 valence electrons. The second-order valence-corrected chi connectivity index (χ2v) is 9.73. The Labute approximate surface area is 178 Å². The normalized spacial score (nSPS) is 13.0. The van der Waals surface area contributed by atoms with Crippen LogP contribution in [0.15, 0.2) is 82.5 Å². The first kappa shape index (κ1) is 19.5. The number of halogens is 1. The molecule has 0 N–H and O–H groups in total. The number of hydrogen-bond donors (Lipinski definition) is 0. The van der Waals surface area contributed by atoms with Crippen LogP contribution in [0.2, 0.25) is 0 Å². The number of benzene rings is 3. The standard InChI is InChI=1S/C24H19FN2O3S/c1-31(29,30)21-12-8-17(9-13-21)23-22(16-6-10-20(25)11-7-16)24(28)27-15-19-5-3-2-4-18(19)14-26(23)27/h2-13H,14-15H2,1H3. The fourth-order valence-corrected chi connectivity index (χ4v) is 4.76. The van der Waals surface area contributed by atoms with Gasteiger partial charge >= 0.3 is 0 Å². The number of fused-ring (bicyclic) bond motifs is 2. The Hall–Kier alpha value is -3.45. The highest BCUT2D eigenvalue weighted by Crippen LogP contribution is 2.33. The molecule has 0 saturated carbocycles. The molecule has 0 radical (unpaired) electrons. The van der Waals surface area contributed by atoms with E-state index in [1.54, 1.807) is 41.1 Å². The zero-order chi connectivity index (χ0) is 21.8. The molecule has 0 bridgehead atoms. The Kier molecular flexibility index (Phi) is 4.44. The maximum absolute atomic E-state index is 13.5. The van der Waals surface area contributed by atoms with Gasteiger partial charge in [-0.15, -0.1) is 0 Å². The van der Waals surface area contributed by atoms with E-state index in [4.69, 9.17) is 0 Å². The van der Waals surface area contributed by atoms with E-state index in [9.17, 15) is 17.6 Å². The Morgan fingerprint density at radius 3 is 1.90 bits per heavy atom. The highest BCUT2D eigenvalue weighted by molar-refractivity contribution is 7.90. The molecule has 0 atom stereocenters. The summed E-state index contributed by atoms with van der Waals surface area (Å²) in [5.41, 5.74) is 4.54. The van der Waals surface area contributed by atoms with Crippen LogP contribution in [0.25, 0.3) is 22.4 Å². The highest BCUT2D eigenvalue weighted by atomic mass is 32.2. The summed E-state index contributed by atoms with van der Waals surface area (Å²) in [6, 6.07) is 20.4. The number of nitrogens with zero attached hydrogens (tertiary/aromatic N) is 2. The molecule has 1 aromatic heterocycles. The first-order valence-electron chi connectivity index (χ1n) is 9.80. The van der Waals surface area contributed by atoms with E-state index in [0.717, 1.165) is 22.9 Å². The lowest BCUT2D eigenvalue weighted by Crippen LogP contribution is -2.29. The topological polar surface area (TPSA) is 61.1 Å². The fourth-order valence-electron chi connectivity index (χ4n) is 4.13. The predicted molar refractivity (Wildman–Crippen MR) is 117 cm³/mol. The Morgan fingerprint density at radius 2 is 1.32 bits per heavy atom. The molecular weight excluding hydrogens is 415 g/mol. The van der Waals surface area contributed by atoms with Gasteiger partial charge in [-0.25, -0.2) is 17.5 Å². The quantitative estimate of drug-likeness (QED) is 0.432. The van der Waals surface area contributed by atoms with E-state index in [1.165, 1.54) is 12.1 Å². The molecule has 0 aliphatic carbocycles. The van der Waals surface area contributed by atoms with Gasteiger partial charge in [0.05, 0.1) is 29.2 Å². The van der Waals surface area contributed by atoms with Crippen molar-refractivity contribution in [2.45, 2.75) is 18.0 Å². The summed E-state index contributed by atoms with van der Waals surface area (Å²) < 4.78 is 40.9. The lowest BCUT2D eigenvalue weighted by molar-refractivity contribution is 0.477. The molecule has 2 heterocycles. The van der Waals surface area contributed by atoms with Crippen LogP contribution in [0.3, 0.4) is 0 Å². The summed E-state index contributed by atoms with van der Waals surface area (Å²) in [5.74, 6) is -0.376. The van der Waals surface area contributed by atoms with Crippen molar-refractivity contribution < 1.29 is 12.8 Å². The van der Waals surface area contributed by atoms with E-state index >= 15 is 0 Å². The van der Waals surface area contributed by atoms with Crippen molar-refractivity contribution in [2.24, 2.45) is 0 Å². The summed E-state index contributed by atoms with van der Waals surface area (Å²) in [6.07, 6.45) is 1.16. The van der Waals surface area contributed by atoms with E-state index in [-0.39, 0.29) is 16.3 Å². The van der Waals surface area contributed by atoms with E-state index in [1.807, 2.05) is 28.9 Å². The Morgan fingerprint density at radius 1 is 0.774 bits per heavy atom. The maximum Gasteiger partial charge on any atom is 0.275 e. The third-order valence-electron chi connectivity index (χ3n) is 5.68. The van der Waals surface area contributed by atoms with Gasteiger partial charge < -0.3 is 0 Å². The van der Waals surface area contributed by atoms with Crippen molar-refractivity contribution in [3.63, 3.8) is 0 Å². The smallest absolute Gasteiger partial charge is 0.275 e. The zero-order valence-corrected chi connectivity index (χ0v) is 17.6. The summed E-state index contributed by atoms with van der Waals surface area (Å²) in [5, 5.41) is 0. The molecule has 0 spiro atoms. The molecule has 0 amide bonds. The molecule has 1 aliphatic heterocycles. The molecule has 0 fully saturated rings. The van der Waals surface area contributed by atoms with Gasteiger partial charge in [-0.2, -0.15) is 0 Å². The van der Waals surface area contributed by atoms with E-state index in [2.05, 4.69) is 0 Å². The van der Waals surface area contributed by atoms with Crippen LogP contribution < -0.4 is 5.56 Å². The summed E-state index contributed by atoms with van der Waals surface area (Å²) in [6.45, 7) is 0.945. The second kappa shape index (κ2) is 7.06. The van der Waals surface area contributed by atoms with Crippen LogP contribution in [0.4, 0.5) is 4.39 Å². The Bertz CT molecular complexity index is 1460. The Balaban J connectivity index is 1.77. The van der Waals surface area contributed by atoms with Crippen LogP contribution in [-0.4, -0.2) is 24.0 Å². The first-order valence-corrected chi connectivity index (χ1v) is 11.7. The molecule has 0 unspecified atom stereocenters. The number of sulfone groups is 1. The van der Waals surface area contributed by atoms with Gasteiger partial charge in [-0.05, 0) is 41.0 Å². The monoisotopic (exact) mass is 434 g/mol. The lowest BCUT2D eigenvalue weighted by Gasteiger charge is -2.23. The molecule has 4 aromatic rings. The summed E-state index contributed by atoms with van der Waals surface area (Å²) >= 11 is 0. The molecule has 31 heavy (non-hydrogen) atoms. The van der Waals surface area contributed by atoms with Crippen LogP contribution >= 0.6 is 0 Å². The van der Waals surface area contributed by atoms with Gasteiger partial charge in [0.15, 0.2) is 9.84 Å². The van der Waals surface area contributed by atoms with Crippen LogP contribution in [0, 0.1) is 5.82 Å². The molecule has 1 aliphatic rings. The van der Waals surface area contributed by atoms with Crippen LogP contribution in [0.5, 0.6) is 0 Å². The minimum atomic E-state index is -3.34. The molecule has 0 saturated heterocycles. The number of rotatable bonds is 3. The van der Waals surface area contributed by atoms with Gasteiger partial charge in [0.25, 0.3) is 5.56 Å². The fraction of sp³-hybridized carbons (Fsp3) is 0.125. The van der Waals surface area contributed by atoms with Crippen molar-refractivity contribution >= 4 is 9.84 Å². The second-order valence-electron chi connectivity index (χ2n) is 7.72. The maximum atomic E-state index is 13.5. The van der Waals surface area contributed by atoms with Crippen molar-refractivity contribution in [3.05, 3.63) is 100 Å². The average molecular weight is 434 g/mol. The summed E-state index contributed by atoms with van der Waals surface area (Å²) in [4.78, 5) is 13.7. The van der Waals surface area contributed by atoms with E-state index in [0.29, 0.717) is 29.9 Å². The van der Waals surface area contributed by atoms with Gasteiger partial charge in [0.2, 0.25) is 0 Å². The third kappa shape index (κ3) is 3.31. The van der Waals surface area contributed by atoms with E-state index < -0.39 is 9.84 Å².